The van der Waals surface area contributed by atoms with Gasteiger partial charge in [-0.1, -0.05) is 17.7 Å². The molecule has 1 fully saturated rings. The molecule has 3 heterocycles. The van der Waals surface area contributed by atoms with E-state index in [1.807, 2.05) is 29.9 Å². The van der Waals surface area contributed by atoms with Crippen molar-refractivity contribution in [2.75, 3.05) is 0 Å². The van der Waals surface area contributed by atoms with Crippen LogP contribution in [0.2, 0.25) is 5.02 Å². The van der Waals surface area contributed by atoms with Gasteiger partial charge < -0.3 is 4.42 Å². The third kappa shape index (κ3) is 4.04. The normalized spacial score (nSPS) is 14.5. The van der Waals surface area contributed by atoms with Gasteiger partial charge in [-0.15, -0.1) is 21.5 Å². The quantitative estimate of drug-likeness (QED) is 0.372. The molecule has 0 N–H and O–H groups in total. The first-order valence-electron chi connectivity index (χ1n) is 10.3. The Hall–Kier alpha value is -3.09. The SMILES string of the molecule is CCn1cc(-c2ccc3nc(Cc4nnc(CC(=O)CC5(C#N)CC5)o4)sc3c2Cl)cn1. The van der Waals surface area contributed by atoms with Crippen molar-refractivity contribution in [3.63, 3.8) is 0 Å². The van der Waals surface area contributed by atoms with E-state index in [-0.39, 0.29) is 24.5 Å². The molecule has 162 valence electrons. The molecule has 1 aliphatic carbocycles. The van der Waals surface area contributed by atoms with Crippen LogP contribution in [0.3, 0.4) is 0 Å². The van der Waals surface area contributed by atoms with E-state index in [1.54, 1.807) is 6.20 Å². The monoisotopic (exact) mass is 466 g/mol. The summed E-state index contributed by atoms with van der Waals surface area (Å²) in [7, 11) is 0. The number of hydrogen-bond donors (Lipinski definition) is 0. The van der Waals surface area contributed by atoms with Crippen molar-refractivity contribution in [2.45, 2.75) is 45.6 Å². The Bertz CT molecular complexity index is 1360. The zero-order valence-corrected chi connectivity index (χ0v) is 18.9. The van der Waals surface area contributed by atoms with E-state index in [0.717, 1.165) is 45.7 Å². The highest BCUT2D eigenvalue weighted by Gasteiger charge is 2.44. The lowest BCUT2D eigenvalue weighted by atomic mass is 10.00. The van der Waals surface area contributed by atoms with Crippen LogP contribution in [0.15, 0.2) is 28.9 Å². The molecule has 8 nitrogen and oxygen atoms in total. The van der Waals surface area contributed by atoms with Crippen molar-refractivity contribution in [3.8, 4) is 17.2 Å². The van der Waals surface area contributed by atoms with E-state index in [2.05, 4.69) is 26.3 Å². The third-order valence-corrected chi connectivity index (χ3v) is 7.19. The maximum atomic E-state index is 12.2. The molecule has 0 spiro atoms. The van der Waals surface area contributed by atoms with Gasteiger partial charge >= 0.3 is 0 Å². The standard InChI is InChI=1S/C22H19ClN6O2S/c1-2-29-11-13(10-25-29)15-3-4-16-21(20(15)23)32-19(26-16)8-18-28-27-17(31-18)7-14(30)9-22(12-24)5-6-22/h3-4,10-11H,2,5-9H2,1H3. The summed E-state index contributed by atoms with van der Waals surface area (Å²) in [6.45, 7) is 2.83. The van der Waals surface area contributed by atoms with Gasteiger partial charge in [-0.05, 0) is 25.8 Å². The summed E-state index contributed by atoms with van der Waals surface area (Å²) < 4.78 is 8.41. The molecule has 1 saturated carbocycles. The Kier molecular flexibility index (Phi) is 5.27. The van der Waals surface area contributed by atoms with Gasteiger partial charge in [0.15, 0.2) is 0 Å². The molecule has 4 aromatic rings. The van der Waals surface area contributed by atoms with Gasteiger partial charge in [-0.3, -0.25) is 9.48 Å². The fraction of sp³-hybridized carbons (Fsp3) is 0.364. The number of ketones is 1. The van der Waals surface area contributed by atoms with Crippen LogP contribution in [0.25, 0.3) is 21.3 Å². The number of carbonyl (C=O) groups excluding carboxylic acids is 1. The molecular formula is C22H19ClN6O2S. The fourth-order valence-electron chi connectivity index (χ4n) is 3.63. The number of nitriles is 1. The smallest absolute Gasteiger partial charge is 0.223 e. The van der Waals surface area contributed by atoms with Crippen molar-refractivity contribution in [1.29, 1.82) is 5.26 Å². The van der Waals surface area contributed by atoms with Crippen LogP contribution in [0, 0.1) is 16.7 Å². The summed E-state index contributed by atoms with van der Waals surface area (Å²) in [6, 6.07) is 6.13. The molecule has 1 aliphatic rings. The minimum absolute atomic E-state index is 0.0510. The Morgan fingerprint density at radius 3 is 2.88 bits per heavy atom. The van der Waals surface area contributed by atoms with E-state index in [9.17, 15) is 4.79 Å². The topological polar surface area (TPSA) is 110 Å². The maximum absolute atomic E-state index is 12.2. The number of benzene rings is 1. The first kappa shape index (κ1) is 20.8. The van der Waals surface area contributed by atoms with Crippen LogP contribution in [0.5, 0.6) is 0 Å². The highest BCUT2D eigenvalue weighted by atomic mass is 35.5. The van der Waals surface area contributed by atoms with E-state index in [4.69, 9.17) is 21.3 Å². The molecule has 0 bridgehead atoms. The van der Waals surface area contributed by atoms with Gasteiger partial charge in [0.05, 0.1) is 45.8 Å². The minimum atomic E-state index is -0.464. The molecule has 32 heavy (non-hydrogen) atoms. The molecule has 0 saturated heterocycles. The number of fused-ring (bicyclic) bond motifs is 1. The van der Waals surface area contributed by atoms with E-state index in [0.29, 0.717) is 17.3 Å². The number of hydrogen-bond acceptors (Lipinski definition) is 8. The van der Waals surface area contributed by atoms with Gasteiger partial charge in [-0.25, -0.2) is 4.98 Å². The van der Waals surface area contributed by atoms with Crippen molar-refractivity contribution in [2.24, 2.45) is 5.41 Å². The number of halogens is 1. The second-order valence-corrected chi connectivity index (χ2v) is 9.48. The summed E-state index contributed by atoms with van der Waals surface area (Å²) in [6.07, 6.45) is 6.01. The van der Waals surface area contributed by atoms with E-state index >= 15 is 0 Å². The molecule has 0 unspecified atom stereocenters. The number of nitrogens with zero attached hydrogens (tertiary/aromatic N) is 6. The Morgan fingerprint density at radius 1 is 1.34 bits per heavy atom. The predicted molar refractivity (Wildman–Crippen MR) is 119 cm³/mol. The van der Waals surface area contributed by atoms with Crippen molar-refractivity contribution < 1.29 is 9.21 Å². The predicted octanol–water partition coefficient (Wildman–Crippen LogP) is 4.61. The van der Waals surface area contributed by atoms with Gasteiger partial charge in [-0.2, -0.15) is 10.4 Å². The van der Waals surface area contributed by atoms with Gasteiger partial charge in [0, 0.05) is 30.3 Å². The number of Topliss-reactive ketones (excluding diaryl/α,β-unsaturated/α-hetero) is 1. The second kappa shape index (κ2) is 8.11. The molecule has 0 radical (unpaired) electrons. The number of thiazole rings is 1. The van der Waals surface area contributed by atoms with Gasteiger partial charge in [0.2, 0.25) is 11.8 Å². The van der Waals surface area contributed by atoms with Crippen LogP contribution >= 0.6 is 22.9 Å². The average Bonchev–Trinajstić information content (AvgIpc) is 3.15. The van der Waals surface area contributed by atoms with Crippen LogP contribution in [0.1, 0.15) is 43.0 Å². The average molecular weight is 467 g/mol. The lowest BCUT2D eigenvalue weighted by Gasteiger charge is -2.01. The van der Waals surface area contributed by atoms with Crippen molar-refractivity contribution in [1.82, 2.24) is 25.0 Å². The molecule has 0 atom stereocenters. The van der Waals surface area contributed by atoms with Crippen LogP contribution in [-0.2, 0) is 24.2 Å². The fourth-order valence-corrected chi connectivity index (χ4v) is 5.01. The summed E-state index contributed by atoms with van der Waals surface area (Å²) in [5.41, 5.74) is 2.22. The Labute approximate surface area is 192 Å². The van der Waals surface area contributed by atoms with Crippen LogP contribution in [0.4, 0.5) is 0 Å². The Balaban J connectivity index is 1.31. The maximum Gasteiger partial charge on any atom is 0.223 e. The Morgan fingerprint density at radius 2 is 2.16 bits per heavy atom. The molecular weight excluding hydrogens is 448 g/mol. The zero-order chi connectivity index (χ0) is 22.3. The lowest BCUT2D eigenvalue weighted by Crippen LogP contribution is -2.10. The molecule has 1 aromatic carbocycles. The minimum Gasteiger partial charge on any atom is -0.424 e. The highest BCUT2D eigenvalue weighted by molar-refractivity contribution is 7.19. The number of rotatable bonds is 8. The lowest BCUT2D eigenvalue weighted by molar-refractivity contribution is -0.119. The first-order chi connectivity index (χ1) is 15.5. The largest absolute Gasteiger partial charge is 0.424 e. The number of carbonyl (C=O) groups is 1. The van der Waals surface area contributed by atoms with Gasteiger partial charge in [0.1, 0.15) is 10.8 Å². The molecule has 0 aliphatic heterocycles. The van der Waals surface area contributed by atoms with E-state index < -0.39 is 5.41 Å². The van der Waals surface area contributed by atoms with E-state index in [1.165, 1.54) is 11.3 Å². The second-order valence-electron chi connectivity index (χ2n) is 8.02. The molecule has 3 aromatic heterocycles. The summed E-state index contributed by atoms with van der Waals surface area (Å²) in [4.78, 5) is 16.9. The summed E-state index contributed by atoms with van der Waals surface area (Å²) >= 11 is 8.18. The van der Waals surface area contributed by atoms with Crippen molar-refractivity contribution in [3.05, 3.63) is 46.3 Å². The van der Waals surface area contributed by atoms with Crippen molar-refractivity contribution >= 4 is 38.9 Å². The van der Waals surface area contributed by atoms with Crippen LogP contribution in [-0.4, -0.2) is 30.7 Å². The molecule has 0 amide bonds. The molecule has 10 heteroatoms. The zero-order valence-electron chi connectivity index (χ0n) is 17.3. The summed E-state index contributed by atoms with van der Waals surface area (Å²) in [5, 5.41) is 22.9. The highest BCUT2D eigenvalue weighted by Crippen LogP contribution is 2.48. The third-order valence-electron chi connectivity index (χ3n) is 5.60. The first-order valence-corrected chi connectivity index (χ1v) is 11.5. The molecule has 5 rings (SSSR count). The number of aryl methyl sites for hydroxylation is 1. The summed E-state index contributed by atoms with van der Waals surface area (Å²) in [5.74, 6) is 0.617. The van der Waals surface area contributed by atoms with Gasteiger partial charge in [0.25, 0.3) is 0 Å². The van der Waals surface area contributed by atoms with Crippen LogP contribution < -0.4 is 0 Å². The number of aromatic nitrogens is 5.